The van der Waals surface area contributed by atoms with E-state index in [0.29, 0.717) is 39.0 Å². The summed E-state index contributed by atoms with van der Waals surface area (Å²) in [4.78, 5) is 39.7. The minimum atomic E-state index is -0.420. The fourth-order valence-electron chi connectivity index (χ4n) is 4.76. The molecule has 5 rings (SSSR count). The third-order valence-corrected chi connectivity index (χ3v) is 8.06. The lowest BCUT2D eigenvalue weighted by Gasteiger charge is -2.18. The van der Waals surface area contributed by atoms with Crippen LogP contribution in [0.4, 0.5) is 5.00 Å². The smallest absolute Gasteiger partial charge is 0.341 e. The highest BCUT2D eigenvalue weighted by molar-refractivity contribution is 7.17. The van der Waals surface area contributed by atoms with Gasteiger partial charge in [-0.3, -0.25) is 9.59 Å². The largest absolute Gasteiger partial charge is 0.484 e. The highest BCUT2D eigenvalue weighted by Crippen LogP contribution is 2.40. The molecule has 0 bridgehead atoms. The van der Waals surface area contributed by atoms with Crippen LogP contribution in [0.15, 0.2) is 51.9 Å². The number of amides is 1. The predicted octanol–water partition coefficient (Wildman–Crippen LogP) is 6.58. The van der Waals surface area contributed by atoms with Crippen molar-refractivity contribution in [3.63, 3.8) is 0 Å². The Hall–Kier alpha value is -4.11. The number of hydrogen-bond donors (Lipinski definition) is 1. The normalized spacial score (nSPS) is 14.4. The van der Waals surface area contributed by atoms with Crippen LogP contribution in [-0.4, -0.2) is 25.1 Å². The van der Waals surface area contributed by atoms with Gasteiger partial charge in [0.1, 0.15) is 28.3 Å². The fraction of sp³-hybridized carbons (Fsp3) is 0.323. The molecule has 8 nitrogen and oxygen atoms in total. The molecular weight excluding hydrogens is 530 g/mol. The molecule has 208 valence electrons. The summed E-state index contributed by atoms with van der Waals surface area (Å²) in [6.45, 7) is 7.77. The zero-order valence-corrected chi connectivity index (χ0v) is 23.7. The van der Waals surface area contributed by atoms with Gasteiger partial charge < -0.3 is 23.9 Å². The van der Waals surface area contributed by atoms with E-state index in [9.17, 15) is 14.4 Å². The Balaban J connectivity index is 1.29. The van der Waals surface area contributed by atoms with Gasteiger partial charge in [-0.15, -0.1) is 11.3 Å². The molecule has 1 aliphatic carbocycles. The molecule has 9 heteroatoms. The average Bonchev–Trinajstić information content (AvgIpc) is 3.27. The molecule has 2 aromatic heterocycles. The molecule has 0 saturated heterocycles. The number of rotatable bonds is 8. The van der Waals surface area contributed by atoms with Crippen molar-refractivity contribution < 1.29 is 28.2 Å². The molecule has 0 radical (unpaired) electrons. The van der Waals surface area contributed by atoms with Crippen molar-refractivity contribution in [1.82, 2.24) is 0 Å². The molecule has 1 atom stereocenters. The Bertz CT molecular complexity index is 1650. The summed E-state index contributed by atoms with van der Waals surface area (Å²) in [5, 5.41) is 3.66. The molecule has 1 aliphatic rings. The van der Waals surface area contributed by atoms with Crippen LogP contribution in [0, 0.1) is 19.8 Å². The van der Waals surface area contributed by atoms with Crippen LogP contribution in [0.2, 0.25) is 0 Å². The van der Waals surface area contributed by atoms with Crippen LogP contribution in [-0.2, 0) is 22.4 Å². The first-order valence-corrected chi connectivity index (χ1v) is 14.1. The number of aryl methyl sites for hydroxylation is 2. The van der Waals surface area contributed by atoms with Gasteiger partial charge in [-0.2, -0.15) is 0 Å². The van der Waals surface area contributed by atoms with E-state index in [1.807, 2.05) is 32.0 Å². The molecule has 1 amide bonds. The van der Waals surface area contributed by atoms with Gasteiger partial charge in [0.2, 0.25) is 11.2 Å². The zero-order valence-electron chi connectivity index (χ0n) is 22.9. The maximum atomic E-state index is 13.0. The Morgan fingerprint density at radius 3 is 2.75 bits per heavy atom. The predicted molar refractivity (Wildman–Crippen MR) is 154 cm³/mol. The second-order valence-electron chi connectivity index (χ2n) is 10.1. The lowest BCUT2D eigenvalue weighted by atomic mass is 9.88. The number of carbonyl (C=O) groups is 2. The van der Waals surface area contributed by atoms with Crippen molar-refractivity contribution >= 4 is 39.2 Å². The van der Waals surface area contributed by atoms with Crippen LogP contribution in [0.25, 0.3) is 11.0 Å². The summed E-state index contributed by atoms with van der Waals surface area (Å²) in [7, 11) is 0. The van der Waals surface area contributed by atoms with Crippen molar-refractivity contribution in [1.29, 1.82) is 0 Å². The van der Waals surface area contributed by atoms with E-state index in [1.165, 1.54) is 17.6 Å². The number of esters is 1. The molecule has 0 saturated carbocycles. The van der Waals surface area contributed by atoms with Crippen molar-refractivity contribution in [2.24, 2.45) is 5.92 Å². The molecule has 2 aromatic carbocycles. The maximum absolute atomic E-state index is 13.0. The van der Waals surface area contributed by atoms with Gasteiger partial charge in [-0.25, -0.2) is 4.79 Å². The SMILES string of the molecule is CCOC(=O)c1c(NC(=O)COc2ccc3c(=O)c(Oc4cc(C)ccc4C)coc3c2)sc2c1CCC(C)C2. The van der Waals surface area contributed by atoms with Crippen LogP contribution >= 0.6 is 11.3 Å². The molecule has 4 aromatic rings. The summed E-state index contributed by atoms with van der Waals surface area (Å²) >= 11 is 1.43. The van der Waals surface area contributed by atoms with Crippen molar-refractivity contribution in [3.8, 4) is 17.2 Å². The molecule has 1 unspecified atom stereocenters. The van der Waals surface area contributed by atoms with Crippen molar-refractivity contribution in [2.45, 2.75) is 47.0 Å². The summed E-state index contributed by atoms with van der Waals surface area (Å²) in [5.74, 6) is 0.728. The monoisotopic (exact) mass is 561 g/mol. The number of hydrogen-bond acceptors (Lipinski definition) is 8. The molecule has 0 spiro atoms. The Morgan fingerprint density at radius 2 is 1.95 bits per heavy atom. The third kappa shape index (κ3) is 5.74. The summed E-state index contributed by atoms with van der Waals surface area (Å²) in [6.07, 6.45) is 3.93. The van der Waals surface area contributed by atoms with E-state index in [-0.39, 0.29) is 24.4 Å². The van der Waals surface area contributed by atoms with Crippen LogP contribution < -0.4 is 20.2 Å². The lowest BCUT2D eigenvalue weighted by molar-refractivity contribution is -0.118. The van der Waals surface area contributed by atoms with E-state index in [0.717, 1.165) is 40.8 Å². The summed E-state index contributed by atoms with van der Waals surface area (Å²) in [6, 6.07) is 10.5. The van der Waals surface area contributed by atoms with Gasteiger partial charge in [0.25, 0.3) is 5.91 Å². The van der Waals surface area contributed by atoms with Crippen LogP contribution in [0.1, 0.15) is 52.2 Å². The lowest BCUT2D eigenvalue weighted by Crippen LogP contribution is -2.21. The Morgan fingerprint density at radius 1 is 1.12 bits per heavy atom. The quantitative estimate of drug-likeness (QED) is 0.242. The van der Waals surface area contributed by atoms with Gasteiger partial charge in [0, 0.05) is 10.9 Å². The highest BCUT2D eigenvalue weighted by atomic mass is 32.1. The molecular formula is C31H31NO7S. The zero-order chi connectivity index (χ0) is 28.4. The molecule has 40 heavy (non-hydrogen) atoms. The number of nitrogens with one attached hydrogen (secondary N) is 1. The topological polar surface area (TPSA) is 104 Å². The van der Waals surface area contributed by atoms with Crippen LogP contribution in [0.5, 0.6) is 17.2 Å². The maximum Gasteiger partial charge on any atom is 0.341 e. The van der Waals surface area contributed by atoms with Gasteiger partial charge in [-0.1, -0.05) is 19.1 Å². The van der Waals surface area contributed by atoms with Gasteiger partial charge in [-0.05, 0) is 80.8 Å². The number of anilines is 1. The van der Waals surface area contributed by atoms with Gasteiger partial charge >= 0.3 is 5.97 Å². The number of carbonyl (C=O) groups excluding carboxylic acids is 2. The standard InChI is InChI=1S/C31H31NO7S/c1-5-36-31(35)28-22-10-7-18(3)13-26(22)40-30(28)32-27(33)16-37-20-9-11-21-24(14-20)38-15-25(29(21)34)39-23-12-17(2)6-8-19(23)4/h6,8-9,11-12,14-15,18H,5,7,10,13,16H2,1-4H3,(H,32,33). The minimum Gasteiger partial charge on any atom is -0.484 e. The molecule has 0 fully saturated rings. The third-order valence-electron chi connectivity index (χ3n) is 6.89. The number of ether oxygens (including phenoxy) is 3. The van der Waals surface area contributed by atoms with E-state index in [1.54, 1.807) is 25.1 Å². The van der Waals surface area contributed by atoms with Crippen molar-refractivity contribution in [2.75, 3.05) is 18.5 Å². The Labute approximate surface area is 235 Å². The number of benzene rings is 2. The first kappa shape index (κ1) is 27.5. The molecule has 2 heterocycles. The molecule has 1 N–H and O–H groups in total. The van der Waals surface area contributed by atoms with Crippen LogP contribution in [0.3, 0.4) is 0 Å². The first-order valence-electron chi connectivity index (χ1n) is 13.3. The highest BCUT2D eigenvalue weighted by Gasteiger charge is 2.29. The van der Waals surface area contributed by atoms with Crippen molar-refractivity contribution in [3.05, 3.63) is 80.0 Å². The fourth-order valence-corrected chi connectivity index (χ4v) is 6.17. The van der Waals surface area contributed by atoms with E-state index >= 15 is 0 Å². The molecule has 0 aliphatic heterocycles. The van der Waals surface area contributed by atoms with Gasteiger partial charge in [0.05, 0.1) is 17.6 Å². The first-order chi connectivity index (χ1) is 19.2. The summed E-state index contributed by atoms with van der Waals surface area (Å²) < 4.78 is 22.5. The van der Waals surface area contributed by atoms with E-state index < -0.39 is 11.9 Å². The van der Waals surface area contributed by atoms with E-state index in [2.05, 4.69) is 12.2 Å². The minimum absolute atomic E-state index is 0.0830. The Kier molecular flexibility index (Phi) is 7.93. The summed E-state index contributed by atoms with van der Waals surface area (Å²) in [5.41, 5.74) is 3.34. The second-order valence-corrected chi connectivity index (χ2v) is 11.2. The average molecular weight is 562 g/mol. The van der Waals surface area contributed by atoms with Gasteiger partial charge in [0.15, 0.2) is 6.61 Å². The number of fused-ring (bicyclic) bond motifs is 2. The van der Waals surface area contributed by atoms with E-state index in [4.69, 9.17) is 18.6 Å². The second kappa shape index (κ2) is 11.6. The number of thiophene rings is 1.